The van der Waals surface area contributed by atoms with Crippen LogP contribution in [0.3, 0.4) is 0 Å². The molecule has 124 valence electrons. The van der Waals surface area contributed by atoms with Gasteiger partial charge in [0, 0.05) is 32.1 Å². The number of carbonyl (C=O) groups excluding carboxylic acids is 1. The molecular weight excluding hydrogens is 304 g/mol. The maximum atomic E-state index is 12.6. The minimum Gasteiger partial charge on any atom is -0.378 e. The highest BCUT2D eigenvalue weighted by Gasteiger charge is 2.30. The molecule has 3 rings (SSSR count). The second kappa shape index (κ2) is 7.33. The summed E-state index contributed by atoms with van der Waals surface area (Å²) < 4.78 is 5.30. The van der Waals surface area contributed by atoms with Gasteiger partial charge in [0.1, 0.15) is 12.1 Å². The van der Waals surface area contributed by atoms with Crippen LogP contribution in [0.15, 0.2) is 18.2 Å². The number of hydrogen-bond donors (Lipinski definition) is 0. The number of piperidine rings is 1. The summed E-state index contributed by atoms with van der Waals surface area (Å²) in [6.07, 6.45) is 1.50. The van der Waals surface area contributed by atoms with Gasteiger partial charge in [-0.05, 0) is 25.0 Å². The van der Waals surface area contributed by atoms with Gasteiger partial charge in [-0.15, -0.1) is 0 Å². The van der Waals surface area contributed by atoms with Crippen molar-refractivity contribution in [3.05, 3.63) is 29.3 Å². The van der Waals surface area contributed by atoms with Gasteiger partial charge in [0.25, 0.3) is 0 Å². The van der Waals surface area contributed by atoms with E-state index < -0.39 is 0 Å². The summed E-state index contributed by atoms with van der Waals surface area (Å²) in [6.45, 7) is 3.96. The Bertz CT molecular complexity index is 658. The van der Waals surface area contributed by atoms with E-state index in [1.54, 1.807) is 18.2 Å². The number of morpholine rings is 1. The number of anilines is 1. The van der Waals surface area contributed by atoms with Gasteiger partial charge in [-0.1, -0.05) is 6.07 Å². The van der Waals surface area contributed by atoms with E-state index in [0.29, 0.717) is 56.2 Å². The molecule has 24 heavy (non-hydrogen) atoms. The van der Waals surface area contributed by atoms with Gasteiger partial charge in [-0.25, -0.2) is 0 Å². The number of nitrogens with zero attached hydrogens (tertiary/aromatic N) is 4. The summed E-state index contributed by atoms with van der Waals surface area (Å²) in [6, 6.07) is 9.55. The Kier molecular flexibility index (Phi) is 4.98. The number of para-hydroxylation sites is 1. The first kappa shape index (κ1) is 16.3. The highest BCUT2D eigenvalue weighted by molar-refractivity contribution is 5.79. The molecule has 2 aliphatic rings. The SMILES string of the molecule is N#Cc1cccc(C#N)c1N1CCC(C(=O)N2CCOCC2)CC1. The van der Waals surface area contributed by atoms with Crippen LogP contribution in [0.25, 0.3) is 0 Å². The molecule has 0 aliphatic carbocycles. The fourth-order valence-corrected chi connectivity index (χ4v) is 3.46. The number of benzene rings is 1. The number of carbonyl (C=O) groups is 1. The Morgan fingerprint density at radius 1 is 1.04 bits per heavy atom. The van der Waals surface area contributed by atoms with E-state index in [2.05, 4.69) is 17.0 Å². The van der Waals surface area contributed by atoms with Crippen molar-refractivity contribution in [3.8, 4) is 12.1 Å². The first-order valence-corrected chi connectivity index (χ1v) is 8.29. The van der Waals surface area contributed by atoms with E-state index in [0.717, 1.165) is 12.8 Å². The maximum Gasteiger partial charge on any atom is 0.225 e. The molecule has 0 atom stereocenters. The molecule has 1 aromatic carbocycles. The van der Waals surface area contributed by atoms with Gasteiger partial charge in [0.05, 0.1) is 30.0 Å². The van der Waals surface area contributed by atoms with Crippen molar-refractivity contribution in [2.75, 3.05) is 44.3 Å². The Labute approximate surface area is 141 Å². The van der Waals surface area contributed by atoms with Crippen molar-refractivity contribution in [2.24, 2.45) is 5.92 Å². The van der Waals surface area contributed by atoms with E-state index >= 15 is 0 Å². The summed E-state index contributed by atoms with van der Waals surface area (Å²) in [5.41, 5.74) is 1.75. The molecule has 0 radical (unpaired) electrons. The third kappa shape index (κ3) is 3.20. The Morgan fingerprint density at radius 2 is 1.62 bits per heavy atom. The van der Waals surface area contributed by atoms with E-state index in [9.17, 15) is 15.3 Å². The predicted octanol–water partition coefficient (Wildman–Crippen LogP) is 1.51. The highest BCUT2D eigenvalue weighted by atomic mass is 16.5. The van der Waals surface area contributed by atoms with Gasteiger partial charge in [-0.3, -0.25) is 4.79 Å². The lowest BCUT2D eigenvalue weighted by Gasteiger charge is -2.37. The molecule has 2 aliphatic heterocycles. The molecule has 2 saturated heterocycles. The first-order chi connectivity index (χ1) is 11.7. The van der Waals surface area contributed by atoms with Crippen LogP contribution in [0, 0.1) is 28.6 Å². The largest absolute Gasteiger partial charge is 0.378 e. The van der Waals surface area contributed by atoms with Crippen LogP contribution in [-0.4, -0.2) is 50.2 Å². The first-order valence-electron chi connectivity index (χ1n) is 8.29. The van der Waals surface area contributed by atoms with Gasteiger partial charge in [0.15, 0.2) is 0 Å². The van der Waals surface area contributed by atoms with Crippen LogP contribution in [-0.2, 0) is 9.53 Å². The molecule has 0 saturated carbocycles. The molecule has 2 heterocycles. The van der Waals surface area contributed by atoms with Crippen LogP contribution in [0.5, 0.6) is 0 Å². The Balaban J connectivity index is 1.69. The number of ether oxygens (including phenoxy) is 1. The Hall–Kier alpha value is -2.57. The molecule has 0 unspecified atom stereocenters. The highest BCUT2D eigenvalue weighted by Crippen LogP contribution is 2.30. The van der Waals surface area contributed by atoms with Crippen LogP contribution >= 0.6 is 0 Å². The zero-order chi connectivity index (χ0) is 16.9. The molecule has 1 aromatic rings. The average molecular weight is 324 g/mol. The summed E-state index contributed by atoms with van der Waals surface area (Å²) in [4.78, 5) is 16.6. The topological polar surface area (TPSA) is 80.4 Å². The second-order valence-corrected chi connectivity index (χ2v) is 6.12. The molecule has 0 aromatic heterocycles. The molecule has 2 fully saturated rings. The van der Waals surface area contributed by atoms with Crippen molar-refractivity contribution in [2.45, 2.75) is 12.8 Å². The van der Waals surface area contributed by atoms with Gasteiger partial charge in [0.2, 0.25) is 5.91 Å². The molecule has 0 N–H and O–H groups in total. The van der Waals surface area contributed by atoms with Crippen LogP contribution in [0.1, 0.15) is 24.0 Å². The monoisotopic (exact) mass is 324 g/mol. The van der Waals surface area contributed by atoms with Gasteiger partial charge < -0.3 is 14.5 Å². The average Bonchev–Trinajstić information content (AvgIpc) is 2.67. The fourth-order valence-electron chi connectivity index (χ4n) is 3.46. The molecule has 6 nitrogen and oxygen atoms in total. The van der Waals surface area contributed by atoms with Gasteiger partial charge >= 0.3 is 0 Å². The number of amides is 1. The van der Waals surface area contributed by atoms with E-state index in [1.807, 2.05) is 4.90 Å². The minimum atomic E-state index is 0.0270. The minimum absolute atomic E-state index is 0.0270. The number of hydrogen-bond acceptors (Lipinski definition) is 5. The lowest BCUT2D eigenvalue weighted by atomic mass is 9.93. The van der Waals surface area contributed by atoms with Gasteiger partial charge in [-0.2, -0.15) is 10.5 Å². The molecular formula is C18H20N4O2. The van der Waals surface area contributed by atoms with Crippen molar-refractivity contribution < 1.29 is 9.53 Å². The van der Waals surface area contributed by atoms with Crippen molar-refractivity contribution in [3.63, 3.8) is 0 Å². The summed E-state index contributed by atoms with van der Waals surface area (Å²) in [7, 11) is 0. The van der Waals surface area contributed by atoms with E-state index in [4.69, 9.17) is 4.74 Å². The summed E-state index contributed by atoms with van der Waals surface area (Å²) >= 11 is 0. The van der Waals surface area contributed by atoms with Crippen molar-refractivity contribution >= 4 is 11.6 Å². The standard InChI is InChI=1S/C18H20N4O2/c19-12-15-2-1-3-16(13-20)17(15)21-6-4-14(5-7-21)18(23)22-8-10-24-11-9-22/h1-3,14H,4-11H2. The smallest absolute Gasteiger partial charge is 0.225 e. The normalized spacial score (nSPS) is 18.8. The molecule has 1 amide bonds. The van der Waals surface area contributed by atoms with E-state index in [-0.39, 0.29) is 11.8 Å². The zero-order valence-corrected chi connectivity index (χ0v) is 13.6. The fraction of sp³-hybridized carbons (Fsp3) is 0.500. The van der Waals surface area contributed by atoms with Crippen LogP contribution in [0.2, 0.25) is 0 Å². The van der Waals surface area contributed by atoms with Crippen LogP contribution < -0.4 is 4.90 Å². The quantitative estimate of drug-likeness (QED) is 0.823. The molecule has 6 heteroatoms. The Morgan fingerprint density at radius 3 is 2.17 bits per heavy atom. The number of nitriles is 2. The van der Waals surface area contributed by atoms with Crippen molar-refractivity contribution in [1.82, 2.24) is 4.90 Å². The van der Waals surface area contributed by atoms with E-state index in [1.165, 1.54) is 0 Å². The van der Waals surface area contributed by atoms with Crippen molar-refractivity contribution in [1.29, 1.82) is 10.5 Å². The summed E-state index contributed by atoms with van der Waals surface area (Å²) in [5.74, 6) is 0.242. The zero-order valence-electron chi connectivity index (χ0n) is 13.6. The molecule has 0 spiro atoms. The third-order valence-corrected chi connectivity index (χ3v) is 4.76. The molecule has 0 bridgehead atoms. The lowest BCUT2D eigenvalue weighted by Crippen LogP contribution is -2.47. The van der Waals surface area contributed by atoms with Crippen LogP contribution in [0.4, 0.5) is 5.69 Å². The summed E-state index contributed by atoms with van der Waals surface area (Å²) in [5, 5.41) is 18.6. The second-order valence-electron chi connectivity index (χ2n) is 6.12. The number of rotatable bonds is 2. The lowest BCUT2D eigenvalue weighted by molar-refractivity contribution is -0.140. The third-order valence-electron chi connectivity index (χ3n) is 4.76. The maximum absolute atomic E-state index is 12.6. The predicted molar refractivity (Wildman–Crippen MR) is 88.2 cm³/mol.